The molecule has 1 aromatic carbocycles. The molecule has 5 N–H and O–H groups in total. The molecule has 0 amide bonds. The standard InChI is InChI=1S/C14H16ClNO6/c15-6-2-1-3-7-10(6)8(4-16-7)21-14-13(20)12(19)11(18)9(5-17)22-14/h1-4,9,11-14,16-20H,5H2. The minimum absolute atomic E-state index is 0.338. The summed E-state index contributed by atoms with van der Waals surface area (Å²) in [5.74, 6) is 0.338. The van der Waals surface area contributed by atoms with Gasteiger partial charge in [0.1, 0.15) is 30.2 Å². The van der Waals surface area contributed by atoms with E-state index >= 15 is 0 Å². The number of aromatic amines is 1. The van der Waals surface area contributed by atoms with Crippen molar-refractivity contribution in [2.75, 3.05) is 6.61 Å². The first-order valence-corrected chi connectivity index (χ1v) is 7.13. The summed E-state index contributed by atoms with van der Waals surface area (Å²) in [7, 11) is 0. The van der Waals surface area contributed by atoms with Crippen LogP contribution in [0, 0.1) is 0 Å². The third-order valence-corrected chi connectivity index (χ3v) is 4.03. The minimum Gasteiger partial charge on any atom is -0.460 e. The number of aliphatic hydroxyl groups is 4. The SMILES string of the molecule is OCC1OC(Oc2c[nH]c3cccc(Cl)c23)C(O)C(O)C1O. The number of halogens is 1. The van der Waals surface area contributed by atoms with E-state index in [4.69, 9.17) is 26.2 Å². The molecule has 120 valence electrons. The topological polar surface area (TPSA) is 115 Å². The van der Waals surface area contributed by atoms with Crippen molar-refractivity contribution in [1.29, 1.82) is 0 Å². The van der Waals surface area contributed by atoms with Crippen molar-refractivity contribution in [3.05, 3.63) is 29.4 Å². The van der Waals surface area contributed by atoms with Crippen LogP contribution in [0.4, 0.5) is 0 Å². The Balaban J connectivity index is 1.88. The average molecular weight is 330 g/mol. The summed E-state index contributed by atoms with van der Waals surface area (Å²) in [5, 5.41) is 39.7. The number of aliphatic hydroxyl groups excluding tert-OH is 4. The molecular formula is C14H16ClNO6. The van der Waals surface area contributed by atoms with Gasteiger partial charge in [-0.1, -0.05) is 17.7 Å². The molecule has 1 aliphatic rings. The zero-order valence-electron chi connectivity index (χ0n) is 11.4. The van der Waals surface area contributed by atoms with Crippen LogP contribution in [-0.4, -0.2) is 62.7 Å². The van der Waals surface area contributed by atoms with Gasteiger partial charge >= 0.3 is 0 Å². The van der Waals surface area contributed by atoms with Gasteiger partial charge in [0.05, 0.1) is 22.5 Å². The molecule has 1 saturated heterocycles. The lowest BCUT2D eigenvalue weighted by atomic mass is 9.99. The van der Waals surface area contributed by atoms with Crippen LogP contribution in [0.2, 0.25) is 5.02 Å². The Hall–Kier alpha value is -1.35. The van der Waals surface area contributed by atoms with Crippen molar-refractivity contribution < 1.29 is 29.9 Å². The van der Waals surface area contributed by atoms with Crippen molar-refractivity contribution >= 4 is 22.5 Å². The van der Waals surface area contributed by atoms with Crippen molar-refractivity contribution in [3.8, 4) is 5.75 Å². The molecule has 22 heavy (non-hydrogen) atoms. The number of nitrogens with one attached hydrogen (secondary N) is 1. The van der Waals surface area contributed by atoms with Gasteiger partial charge in [-0.2, -0.15) is 0 Å². The van der Waals surface area contributed by atoms with Gasteiger partial charge < -0.3 is 34.9 Å². The molecular weight excluding hydrogens is 314 g/mol. The molecule has 5 atom stereocenters. The molecule has 0 aliphatic carbocycles. The fourth-order valence-electron chi connectivity index (χ4n) is 2.49. The highest BCUT2D eigenvalue weighted by molar-refractivity contribution is 6.36. The fourth-order valence-corrected chi connectivity index (χ4v) is 2.76. The average Bonchev–Trinajstić information content (AvgIpc) is 2.92. The maximum atomic E-state index is 9.98. The first kappa shape index (κ1) is 15.5. The molecule has 3 rings (SSSR count). The second-order valence-electron chi connectivity index (χ2n) is 5.13. The van der Waals surface area contributed by atoms with E-state index in [-0.39, 0.29) is 0 Å². The quantitative estimate of drug-likeness (QED) is 0.541. The van der Waals surface area contributed by atoms with Gasteiger partial charge in [0.15, 0.2) is 0 Å². The van der Waals surface area contributed by atoms with Crippen molar-refractivity contribution in [1.82, 2.24) is 4.98 Å². The molecule has 1 fully saturated rings. The molecule has 0 saturated carbocycles. The zero-order chi connectivity index (χ0) is 15.9. The predicted molar refractivity (Wildman–Crippen MR) is 77.7 cm³/mol. The van der Waals surface area contributed by atoms with E-state index in [0.29, 0.717) is 16.2 Å². The van der Waals surface area contributed by atoms with Crippen LogP contribution in [0.5, 0.6) is 5.75 Å². The van der Waals surface area contributed by atoms with Gasteiger partial charge in [-0.25, -0.2) is 0 Å². The summed E-state index contributed by atoms with van der Waals surface area (Å²) in [4.78, 5) is 2.97. The Labute approximate surface area is 130 Å². The Morgan fingerprint density at radius 2 is 1.95 bits per heavy atom. The van der Waals surface area contributed by atoms with Crippen molar-refractivity contribution in [2.45, 2.75) is 30.7 Å². The molecule has 2 heterocycles. The van der Waals surface area contributed by atoms with Crippen LogP contribution >= 0.6 is 11.6 Å². The maximum absolute atomic E-state index is 9.98. The summed E-state index contributed by atoms with van der Waals surface area (Å²) in [6.07, 6.45) is -5.10. The van der Waals surface area contributed by atoms with Crippen LogP contribution in [0.15, 0.2) is 24.4 Å². The van der Waals surface area contributed by atoms with E-state index in [0.717, 1.165) is 5.52 Å². The molecule has 1 aliphatic heterocycles. The van der Waals surface area contributed by atoms with Gasteiger partial charge in [-0.15, -0.1) is 0 Å². The van der Waals surface area contributed by atoms with Gasteiger partial charge in [0.2, 0.25) is 6.29 Å². The Bertz CT molecular complexity index is 660. The van der Waals surface area contributed by atoms with E-state index in [9.17, 15) is 15.3 Å². The van der Waals surface area contributed by atoms with Crippen molar-refractivity contribution in [3.63, 3.8) is 0 Å². The first-order chi connectivity index (χ1) is 10.5. The highest BCUT2D eigenvalue weighted by Gasteiger charge is 2.44. The zero-order valence-corrected chi connectivity index (χ0v) is 12.1. The van der Waals surface area contributed by atoms with E-state index in [1.165, 1.54) is 0 Å². The molecule has 1 aromatic heterocycles. The fraction of sp³-hybridized carbons (Fsp3) is 0.429. The third-order valence-electron chi connectivity index (χ3n) is 3.71. The smallest absolute Gasteiger partial charge is 0.229 e. The predicted octanol–water partition coefficient (Wildman–Crippen LogP) is -0.000000000000000278. The molecule has 0 radical (unpaired) electrons. The normalized spacial score (nSPS) is 32.3. The number of H-pyrrole nitrogens is 1. The lowest BCUT2D eigenvalue weighted by molar-refractivity contribution is -0.277. The van der Waals surface area contributed by atoms with Crippen LogP contribution in [-0.2, 0) is 4.74 Å². The molecule has 0 spiro atoms. The van der Waals surface area contributed by atoms with Crippen LogP contribution in [0.1, 0.15) is 0 Å². The van der Waals surface area contributed by atoms with Crippen LogP contribution in [0.25, 0.3) is 10.9 Å². The van der Waals surface area contributed by atoms with E-state index in [1.807, 2.05) is 0 Å². The molecule has 8 heteroatoms. The van der Waals surface area contributed by atoms with Crippen LogP contribution in [0.3, 0.4) is 0 Å². The van der Waals surface area contributed by atoms with Crippen molar-refractivity contribution in [2.24, 2.45) is 0 Å². The summed E-state index contributed by atoms with van der Waals surface area (Å²) < 4.78 is 10.9. The Morgan fingerprint density at radius 1 is 1.18 bits per heavy atom. The van der Waals surface area contributed by atoms with Gasteiger partial charge in [-0.05, 0) is 12.1 Å². The summed E-state index contributed by atoms with van der Waals surface area (Å²) >= 11 is 6.13. The third kappa shape index (κ3) is 2.56. The molecule has 2 aromatic rings. The number of rotatable bonds is 3. The highest BCUT2D eigenvalue weighted by atomic mass is 35.5. The number of hydrogen-bond donors (Lipinski definition) is 5. The van der Waals surface area contributed by atoms with Gasteiger partial charge in [0, 0.05) is 6.20 Å². The highest BCUT2D eigenvalue weighted by Crippen LogP contribution is 2.34. The number of aromatic nitrogens is 1. The number of ether oxygens (including phenoxy) is 2. The molecule has 5 unspecified atom stereocenters. The maximum Gasteiger partial charge on any atom is 0.229 e. The Kier molecular flexibility index (Phi) is 4.26. The summed E-state index contributed by atoms with van der Waals surface area (Å²) in [6.45, 7) is -0.514. The van der Waals surface area contributed by atoms with Gasteiger partial charge in [0.25, 0.3) is 0 Å². The van der Waals surface area contributed by atoms with Gasteiger partial charge in [-0.3, -0.25) is 0 Å². The number of fused-ring (bicyclic) bond motifs is 1. The second-order valence-corrected chi connectivity index (χ2v) is 5.54. The lowest BCUT2D eigenvalue weighted by Crippen LogP contribution is -2.60. The second kappa shape index (κ2) is 6.04. The first-order valence-electron chi connectivity index (χ1n) is 6.75. The summed E-state index contributed by atoms with van der Waals surface area (Å²) in [6, 6.07) is 5.28. The monoisotopic (exact) mass is 329 g/mol. The largest absolute Gasteiger partial charge is 0.460 e. The number of hydrogen-bond acceptors (Lipinski definition) is 6. The summed E-state index contributed by atoms with van der Waals surface area (Å²) in [5.41, 5.74) is 0.743. The molecule has 7 nitrogen and oxygen atoms in total. The Morgan fingerprint density at radius 3 is 2.68 bits per heavy atom. The minimum atomic E-state index is -1.49. The number of benzene rings is 1. The van der Waals surface area contributed by atoms with E-state index in [2.05, 4.69) is 4.98 Å². The lowest BCUT2D eigenvalue weighted by Gasteiger charge is -2.39. The van der Waals surface area contributed by atoms with E-state index in [1.54, 1.807) is 24.4 Å². The molecule has 0 bridgehead atoms. The van der Waals surface area contributed by atoms with E-state index < -0.39 is 37.3 Å². The van der Waals surface area contributed by atoms with Crippen LogP contribution < -0.4 is 4.74 Å².